The van der Waals surface area contributed by atoms with E-state index in [1.54, 1.807) is 0 Å². The van der Waals surface area contributed by atoms with Crippen LogP contribution in [0.15, 0.2) is 24.3 Å². The SMILES string of the molecule is Cc1ccc(CCCC(=O)NCC(C)N2CCC(C)CC2)cc1. The van der Waals surface area contributed by atoms with Crippen molar-refractivity contribution in [2.24, 2.45) is 5.92 Å². The number of aryl methyl sites for hydroxylation is 2. The summed E-state index contributed by atoms with van der Waals surface area (Å²) in [5.41, 5.74) is 2.60. The van der Waals surface area contributed by atoms with Crippen molar-refractivity contribution in [2.45, 2.75) is 58.9 Å². The molecule has 1 saturated heterocycles. The van der Waals surface area contributed by atoms with Crippen LogP contribution in [-0.4, -0.2) is 36.5 Å². The quantitative estimate of drug-likeness (QED) is 0.834. The molecule has 1 amide bonds. The molecule has 0 radical (unpaired) electrons. The summed E-state index contributed by atoms with van der Waals surface area (Å²) in [6.45, 7) is 9.77. The van der Waals surface area contributed by atoms with Crippen molar-refractivity contribution in [3.8, 4) is 0 Å². The minimum atomic E-state index is 0.189. The number of nitrogens with one attached hydrogen (secondary N) is 1. The number of carbonyl (C=O) groups is 1. The lowest BCUT2D eigenvalue weighted by atomic mass is 9.98. The summed E-state index contributed by atoms with van der Waals surface area (Å²) in [6.07, 6.45) is 5.10. The average Bonchev–Trinajstić information content (AvgIpc) is 2.55. The number of rotatable bonds is 7. The summed E-state index contributed by atoms with van der Waals surface area (Å²) in [5.74, 6) is 1.05. The first kappa shape index (κ1) is 18.0. The summed E-state index contributed by atoms with van der Waals surface area (Å²) >= 11 is 0. The fourth-order valence-corrected chi connectivity index (χ4v) is 3.16. The zero-order valence-electron chi connectivity index (χ0n) is 15.0. The van der Waals surface area contributed by atoms with Crippen LogP contribution in [0, 0.1) is 12.8 Å². The Hall–Kier alpha value is -1.35. The molecule has 0 aromatic heterocycles. The summed E-state index contributed by atoms with van der Waals surface area (Å²) in [6, 6.07) is 9.04. The number of hydrogen-bond donors (Lipinski definition) is 1. The molecule has 1 N–H and O–H groups in total. The lowest BCUT2D eigenvalue weighted by molar-refractivity contribution is -0.121. The summed E-state index contributed by atoms with van der Waals surface area (Å²) in [7, 11) is 0. The largest absolute Gasteiger partial charge is 0.355 e. The Bertz CT molecular complexity index is 475. The smallest absolute Gasteiger partial charge is 0.220 e. The highest BCUT2D eigenvalue weighted by molar-refractivity contribution is 5.75. The molecule has 1 aliphatic heterocycles. The number of carbonyl (C=O) groups excluding carboxylic acids is 1. The number of amides is 1. The highest BCUT2D eigenvalue weighted by Gasteiger charge is 2.20. The van der Waals surface area contributed by atoms with Crippen LogP contribution >= 0.6 is 0 Å². The molecule has 1 aliphatic rings. The highest BCUT2D eigenvalue weighted by atomic mass is 16.1. The van der Waals surface area contributed by atoms with Crippen LogP contribution < -0.4 is 5.32 Å². The van der Waals surface area contributed by atoms with E-state index in [1.807, 2.05) is 0 Å². The van der Waals surface area contributed by atoms with Gasteiger partial charge in [0.15, 0.2) is 0 Å². The monoisotopic (exact) mass is 316 g/mol. The number of piperidine rings is 1. The molecule has 1 aromatic rings. The van der Waals surface area contributed by atoms with Crippen molar-refractivity contribution in [1.82, 2.24) is 10.2 Å². The number of nitrogens with zero attached hydrogens (tertiary/aromatic N) is 1. The third-order valence-corrected chi connectivity index (χ3v) is 5.03. The maximum atomic E-state index is 12.0. The van der Waals surface area contributed by atoms with Crippen molar-refractivity contribution in [1.29, 1.82) is 0 Å². The van der Waals surface area contributed by atoms with Gasteiger partial charge >= 0.3 is 0 Å². The molecule has 3 nitrogen and oxygen atoms in total. The van der Waals surface area contributed by atoms with Crippen molar-refractivity contribution >= 4 is 5.91 Å². The normalized spacial score (nSPS) is 17.9. The van der Waals surface area contributed by atoms with Crippen LogP contribution in [0.1, 0.15) is 50.7 Å². The minimum absolute atomic E-state index is 0.189. The predicted octanol–water partition coefficient (Wildman–Crippen LogP) is 3.55. The van der Waals surface area contributed by atoms with E-state index in [0.717, 1.165) is 25.3 Å². The maximum absolute atomic E-state index is 12.0. The first-order valence-corrected chi connectivity index (χ1v) is 9.11. The van der Waals surface area contributed by atoms with Crippen molar-refractivity contribution < 1.29 is 4.79 Å². The average molecular weight is 316 g/mol. The Morgan fingerprint density at radius 2 is 1.91 bits per heavy atom. The van der Waals surface area contributed by atoms with Crippen LogP contribution in [0.2, 0.25) is 0 Å². The van der Waals surface area contributed by atoms with Crippen LogP contribution in [0.5, 0.6) is 0 Å². The van der Waals surface area contributed by atoms with Crippen molar-refractivity contribution in [3.63, 3.8) is 0 Å². The summed E-state index contributed by atoms with van der Waals surface area (Å²) in [5, 5.41) is 3.11. The fraction of sp³-hybridized carbons (Fsp3) is 0.650. The molecule has 2 rings (SSSR count). The third kappa shape index (κ3) is 6.34. The standard InChI is InChI=1S/C20H32N2O/c1-16-7-9-19(10-8-16)5-4-6-20(23)21-15-18(3)22-13-11-17(2)12-14-22/h7-10,17-18H,4-6,11-15H2,1-3H3,(H,21,23). The lowest BCUT2D eigenvalue weighted by Crippen LogP contribution is -2.45. The molecule has 0 bridgehead atoms. The van der Waals surface area contributed by atoms with Crippen LogP contribution in [0.3, 0.4) is 0 Å². The van der Waals surface area contributed by atoms with Gasteiger partial charge in [0, 0.05) is 19.0 Å². The molecule has 1 aromatic carbocycles. The zero-order valence-corrected chi connectivity index (χ0v) is 15.0. The van der Waals surface area contributed by atoms with Crippen molar-refractivity contribution in [3.05, 3.63) is 35.4 Å². The van der Waals surface area contributed by atoms with E-state index < -0.39 is 0 Å². The molecule has 0 aliphatic carbocycles. The molecule has 1 fully saturated rings. The van der Waals surface area contributed by atoms with Gasteiger partial charge in [0.25, 0.3) is 0 Å². The fourth-order valence-electron chi connectivity index (χ4n) is 3.16. The predicted molar refractivity (Wildman–Crippen MR) is 96.6 cm³/mol. The van der Waals surface area contributed by atoms with E-state index in [0.29, 0.717) is 12.5 Å². The van der Waals surface area contributed by atoms with Gasteiger partial charge in [-0.3, -0.25) is 9.69 Å². The Morgan fingerprint density at radius 3 is 2.57 bits per heavy atom. The highest BCUT2D eigenvalue weighted by Crippen LogP contribution is 2.17. The van der Waals surface area contributed by atoms with Gasteiger partial charge in [-0.15, -0.1) is 0 Å². The van der Waals surface area contributed by atoms with Gasteiger partial charge in [-0.1, -0.05) is 36.8 Å². The van der Waals surface area contributed by atoms with Gasteiger partial charge in [0.1, 0.15) is 0 Å². The minimum Gasteiger partial charge on any atom is -0.355 e. The molecule has 3 heteroatoms. The van der Waals surface area contributed by atoms with Crippen molar-refractivity contribution in [2.75, 3.05) is 19.6 Å². The molecule has 1 atom stereocenters. The maximum Gasteiger partial charge on any atom is 0.220 e. The van der Waals surface area contributed by atoms with Crippen LogP contribution in [0.4, 0.5) is 0 Å². The summed E-state index contributed by atoms with van der Waals surface area (Å²) in [4.78, 5) is 14.5. The molecule has 1 heterocycles. The first-order chi connectivity index (χ1) is 11.0. The van der Waals surface area contributed by atoms with Gasteiger partial charge in [-0.25, -0.2) is 0 Å². The molecule has 0 saturated carbocycles. The zero-order chi connectivity index (χ0) is 16.7. The Morgan fingerprint density at radius 1 is 1.26 bits per heavy atom. The molecule has 0 spiro atoms. The first-order valence-electron chi connectivity index (χ1n) is 9.11. The van der Waals surface area contributed by atoms with Gasteiger partial charge in [-0.2, -0.15) is 0 Å². The van der Waals surface area contributed by atoms with Gasteiger partial charge in [-0.05, 0) is 64.1 Å². The third-order valence-electron chi connectivity index (χ3n) is 5.03. The Balaban J connectivity index is 1.60. The Kier molecular flexibility index (Phi) is 7.10. The second kappa shape index (κ2) is 9.07. The second-order valence-corrected chi connectivity index (χ2v) is 7.21. The van der Waals surface area contributed by atoms with Gasteiger partial charge in [0.05, 0.1) is 0 Å². The van der Waals surface area contributed by atoms with E-state index >= 15 is 0 Å². The lowest BCUT2D eigenvalue weighted by Gasteiger charge is -2.35. The molecular formula is C20H32N2O. The van der Waals surface area contributed by atoms with E-state index in [1.165, 1.54) is 37.1 Å². The summed E-state index contributed by atoms with van der Waals surface area (Å²) < 4.78 is 0. The number of likely N-dealkylation sites (tertiary alicyclic amines) is 1. The molecule has 23 heavy (non-hydrogen) atoms. The van der Waals surface area contributed by atoms with Crippen LogP contribution in [-0.2, 0) is 11.2 Å². The van der Waals surface area contributed by atoms with E-state index in [4.69, 9.17) is 0 Å². The molecular weight excluding hydrogens is 284 g/mol. The van der Waals surface area contributed by atoms with E-state index in [2.05, 4.69) is 55.3 Å². The second-order valence-electron chi connectivity index (χ2n) is 7.21. The number of benzene rings is 1. The van der Waals surface area contributed by atoms with E-state index in [9.17, 15) is 4.79 Å². The van der Waals surface area contributed by atoms with E-state index in [-0.39, 0.29) is 5.91 Å². The topological polar surface area (TPSA) is 32.3 Å². The Labute approximate surface area is 141 Å². The molecule has 128 valence electrons. The van der Waals surface area contributed by atoms with Gasteiger partial charge in [0.2, 0.25) is 5.91 Å². The molecule has 1 unspecified atom stereocenters. The van der Waals surface area contributed by atoms with Crippen LogP contribution in [0.25, 0.3) is 0 Å². The number of hydrogen-bond acceptors (Lipinski definition) is 2. The van der Waals surface area contributed by atoms with Gasteiger partial charge < -0.3 is 5.32 Å².